The fourth-order valence-corrected chi connectivity index (χ4v) is 3.23. The molecule has 1 N–H and O–H groups in total. The molecular weight excluding hydrogens is 336 g/mol. The molecule has 1 amide bonds. The molecule has 0 radical (unpaired) electrons. The summed E-state index contributed by atoms with van der Waals surface area (Å²) in [5.41, 5.74) is 4.72. The number of carbonyl (C=O) groups is 1. The largest absolute Gasteiger partial charge is 0.368 e. The van der Waals surface area contributed by atoms with Crippen molar-refractivity contribution in [1.82, 2.24) is 4.98 Å². The Hall–Kier alpha value is -2.56. The number of aryl methyl sites for hydroxylation is 1. The summed E-state index contributed by atoms with van der Waals surface area (Å²) in [4.78, 5) is 21.3. The first kappa shape index (κ1) is 19.2. The van der Waals surface area contributed by atoms with Crippen molar-refractivity contribution in [3.63, 3.8) is 0 Å². The van der Waals surface area contributed by atoms with Crippen molar-refractivity contribution in [3.8, 4) is 0 Å². The molecule has 0 atom stereocenters. The van der Waals surface area contributed by atoms with Crippen LogP contribution in [0.15, 0.2) is 36.5 Å². The van der Waals surface area contributed by atoms with Crippen LogP contribution >= 0.6 is 0 Å². The van der Waals surface area contributed by atoms with Crippen LogP contribution in [0.5, 0.6) is 0 Å². The average Bonchev–Trinajstić information content (AvgIpc) is 2.64. The van der Waals surface area contributed by atoms with E-state index in [-0.39, 0.29) is 5.91 Å². The highest BCUT2D eigenvalue weighted by Gasteiger charge is 2.22. The second kappa shape index (κ2) is 7.59. The number of hydrogen-bond donors (Lipinski definition) is 1. The number of anilines is 3. The van der Waals surface area contributed by atoms with Gasteiger partial charge < -0.3 is 15.1 Å². The lowest BCUT2D eigenvalue weighted by molar-refractivity contribution is -0.123. The normalized spacial score (nSPS) is 15.0. The van der Waals surface area contributed by atoms with Crippen molar-refractivity contribution in [3.05, 3.63) is 47.7 Å². The molecule has 1 fully saturated rings. The van der Waals surface area contributed by atoms with Crippen molar-refractivity contribution in [2.75, 3.05) is 41.3 Å². The minimum Gasteiger partial charge on any atom is -0.368 e. The Balaban J connectivity index is 1.61. The van der Waals surface area contributed by atoms with E-state index < -0.39 is 5.41 Å². The fraction of sp³-hybridized carbons (Fsp3) is 0.455. The number of benzene rings is 1. The van der Waals surface area contributed by atoms with Crippen LogP contribution in [-0.4, -0.2) is 37.1 Å². The highest BCUT2D eigenvalue weighted by molar-refractivity contribution is 5.93. The quantitative estimate of drug-likeness (QED) is 0.892. The number of hydrogen-bond acceptors (Lipinski definition) is 4. The molecule has 1 aliphatic rings. The Bertz CT molecular complexity index is 800. The molecule has 1 saturated heterocycles. The molecule has 1 aromatic carbocycles. The van der Waals surface area contributed by atoms with Crippen LogP contribution in [-0.2, 0) is 4.79 Å². The lowest BCUT2D eigenvalue weighted by Gasteiger charge is -2.38. The Morgan fingerprint density at radius 1 is 1.00 bits per heavy atom. The van der Waals surface area contributed by atoms with E-state index in [1.807, 2.05) is 39.1 Å². The number of piperazine rings is 1. The Morgan fingerprint density at radius 2 is 1.67 bits per heavy atom. The number of carbonyl (C=O) groups excluding carboxylic acids is 1. The number of nitrogens with one attached hydrogen (secondary N) is 1. The second-order valence-corrected chi connectivity index (χ2v) is 8.30. The molecule has 5 heteroatoms. The van der Waals surface area contributed by atoms with Gasteiger partial charge in [-0.1, -0.05) is 32.9 Å². The van der Waals surface area contributed by atoms with Crippen molar-refractivity contribution >= 4 is 23.1 Å². The first-order chi connectivity index (χ1) is 12.8. The highest BCUT2D eigenvalue weighted by Crippen LogP contribution is 2.25. The predicted molar refractivity (Wildman–Crippen MR) is 113 cm³/mol. The fourth-order valence-electron chi connectivity index (χ4n) is 3.23. The molecule has 5 nitrogen and oxygen atoms in total. The van der Waals surface area contributed by atoms with E-state index in [0.717, 1.165) is 31.9 Å². The molecular formula is C22H30N4O. The summed E-state index contributed by atoms with van der Waals surface area (Å²) in [6.07, 6.45) is 1.85. The molecule has 0 saturated carbocycles. The third kappa shape index (κ3) is 4.41. The maximum Gasteiger partial charge on any atom is 0.230 e. The van der Waals surface area contributed by atoms with Crippen LogP contribution in [0.4, 0.5) is 17.2 Å². The summed E-state index contributed by atoms with van der Waals surface area (Å²) in [5.74, 6) is 0.581. The van der Waals surface area contributed by atoms with E-state index in [2.05, 4.69) is 52.1 Å². The average molecular weight is 367 g/mol. The minimum absolute atomic E-state index is 0.0233. The Morgan fingerprint density at radius 3 is 2.26 bits per heavy atom. The van der Waals surface area contributed by atoms with Gasteiger partial charge >= 0.3 is 0 Å². The molecule has 0 unspecified atom stereocenters. The monoisotopic (exact) mass is 366 g/mol. The van der Waals surface area contributed by atoms with Gasteiger partial charge in [0.2, 0.25) is 5.91 Å². The number of rotatable bonds is 3. The van der Waals surface area contributed by atoms with Crippen LogP contribution in [0, 0.1) is 19.3 Å². The smallest absolute Gasteiger partial charge is 0.230 e. The molecule has 2 heterocycles. The molecule has 1 aliphatic heterocycles. The summed E-state index contributed by atoms with van der Waals surface area (Å²) < 4.78 is 0. The highest BCUT2D eigenvalue weighted by atomic mass is 16.2. The zero-order valence-electron chi connectivity index (χ0n) is 17.0. The van der Waals surface area contributed by atoms with E-state index in [9.17, 15) is 4.79 Å². The zero-order chi connectivity index (χ0) is 19.6. The third-order valence-corrected chi connectivity index (χ3v) is 5.23. The van der Waals surface area contributed by atoms with Crippen LogP contribution in [0.3, 0.4) is 0 Å². The standard InChI is InChI=1S/C22H30N4O/c1-16-7-6-8-19(17(16)2)26-13-11-25(12-14-26)18-9-10-20(23-15-18)24-21(27)22(3,4)5/h6-10,15H,11-14H2,1-5H3,(H,23,24,27). The van der Waals surface area contributed by atoms with Crippen molar-refractivity contribution < 1.29 is 4.79 Å². The maximum absolute atomic E-state index is 12.1. The van der Waals surface area contributed by atoms with Crippen LogP contribution in [0.1, 0.15) is 31.9 Å². The SMILES string of the molecule is Cc1cccc(N2CCN(c3ccc(NC(=O)C(C)(C)C)nc3)CC2)c1C. The molecule has 0 spiro atoms. The van der Waals surface area contributed by atoms with Crippen LogP contribution < -0.4 is 15.1 Å². The molecule has 27 heavy (non-hydrogen) atoms. The summed E-state index contributed by atoms with van der Waals surface area (Å²) in [6.45, 7) is 14.0. The number of nitrogens with zero attached hydrogens (tertiary/aromatic N) is 3. The number of amides is 1. The lowest BCUT2D eigenvalue weighted by Crippen LogP contribution is -2.46. The van der Waals surface area contributed by atoms with Gasteiger partial charge in [-0.25, -0.2) is 4.98 Å². The Labute approximate surface area is 162 Å². The van der Waals surface area contributed by atoms with Gasteiger partial charge in [0, 0.05) is 37.3 Å². The van der Waals surface area contributed by atoms with Gasteiger partial charge in [0.1, 0.15) is 5.82 Å². The van der Waals surface area contributed by atoms with E-state index in [1.54, 1.807) is 0 Å². The molecule has 3 rings (SSSR count). The van der Waals surface area contributed by atoms with Gasteiger partial charge in [-0.15, -0.1) is 0 Å². The van der Waals surface area contributed by atoms with Gasteiger partial charge in [-0.3, -0.25) is 4.79 Å². The van der Waals surface area contributed by atoms with E-state index >= 15 is 0 Å². The van der Waals surface area contributed by atoms with Gasteiger partial charge in [-0.2, -0.15) is 0 Å². The van der Waals surface area contributed by atoms with E-state index in [0.29, 0.717) is 5.82 Å². The lowest BCUT2D eigenvalue weighted by atomic mass is 9.96. The minimum atomic E-state index is -0.426. The molecule has 0 bridgehead atoms. The summed E-state index contributed by atoms with van der Waals surface area (Å²) in [7, 11) is 0. The molecule has 0 aliphatic carbocycles. The maximum atomic E-state index is 12.1. The van der Waals surface area contributed by atoms with Crippen LogP contribution in [0.2, 0.25) is 0 Å². The number of aromatic nitrogens is 1. The van der Waals surface area contributed by atoms with Crippen molar-refractivity contribution in [1.29, 1.82) is 0 Å². The van der Waals surface area contributed by atoms with Gasteiger partial charge in [0.15, 0.2) is 0 Å². The first-order valence-electron chi connectivity index (χ1n) is 9.59. The number of pyridine rings is 1. The summed E-state index contributed by atoms with van der Waals surface area (Å²) in [5, 5.41) is 2.88. The van der Waals surface area contributed by atoms with Crippen LogP contribution in [0.25, 0.3) is 0 Å². The second-order valence-electron chi connectivity index (χ2n) is 8.30. The molecule has 1 aromatic heterocycles. The first-order valence-corrected chi connectivity index (χ1v) is 9.59. The van der Waals surface area contributed by atoms with Crippen molar-refractivity contribution in [2.24, 2.45) is 5.41 Å². The zero-order valence-corrected chi connectivity index (χ0v) is 17.0. The summed E-state index contributed by atoms with van der Waals surface area (Å²) in [6, 6.07) is 10.4. The van der Waals surface area contributed by atoms with E-state index in [4.69, 9.17) is 0 Å². The van der Waals surface area contributed by atoms with E-state index in [1.165, 1.54) is 16.8 Å². The van der Waals surface area contributed by atoms with Gasteiger partial charge in [-0.05, 0) is 43.2 Å². The van der Waals surface area contributed by atoms with Crippen molar-refractivity contribution in [2.45, 2.75) is 34.6 Å². The Kier molecular flexibility index (Phi) is 5.40. The topological polar surface area (TPSA) is 48.5 Å². The van der Waals surface area contributed by atoms with Gasteiger partial charge in [0.05, 0.1) is 11.9 Å². The summed E-state index contributed by atoms with van der Waals surface area (Å²) >= 11 is 0. The molecule has 144 valence electrons. The molecule has 2 aromatic rings. The van der Waals surface area contributed by atoms with Gasteiger partial charge in [0.25, 0.3) is 0 Å². The predicted octanol–water partition coefficient (Wildman–Crippen LogP) is 4.01. The third-order valence-electron chi connectivity index (χ3n) is 5.23.